The molecule has 8 heteroatoms. The van der Waals surface area contributed by atoms with Gasteiger partial charge in [0.25, 0.3) is 0 Å². The summed E-state index contributed by atoms with van der Waals surface area (Å²) in [4.78, 5) is 11.4. The first-order chi connectivity index (χ1) is 9.93. The molecule has 114 valence electrons. The first-order valence-corrected chi connectivity index (χ1v) is 7.23. The molecule has 0 amide bonds. The fourth-order valence-corrected chi connectivity index (χ4v) is 2.90. The van der Waals surface area contributed by atoms with Crippen molar-refractivity contribution < 1.29 is 8.78 Å². The SMILES string of the molecule is CNCc1cc(F)c(Sc2n[nH]c(=O)n2C(C)C)c(F)c1. The summed E-state index contributed by atoms with van der Waals surface area (Å²) in [6, 6.07) is 2.38. The molecule has 0 radical (unpaired) electrons. The van der Waals surface area contributed by atoms with Crippen molar-refractivity contribution >= 4 is 11.8 Å². The predicted molar refractivity (Wildman–Crippen MR) is 76.5 cm³/mol. The Labute approximate surface area is 124 Å². The number of halogens is 2. The lowest BCUT2D eigenvalue weighted by atomic mass is 10.2. The molecule has 1 aromatic carbocycles. The third kappa shape index (κ3) is 3.33. The second-order valence-electron chi connectivity index (χ2n) is 4.80. The molecule has 0 saturated carbocycles. The summed E-state index contributed by atoms with van der Waals surface area (Å²) in [6.07, 6.45) is 0. The Bertz CT molecular complexity index is 673. The third-order valence-electron chi connectivity index (χ3n) is 2.82. The number of benzene rings is 1. The lowest BCUT2D eigenvalue weighted by Crippen LogP contribution is -2.19. The molecule has 0 spiro atoms. The normalized spacial score (nSPS) is 11.3. The van der Waals surface area contributed by atoms with Gasteiger partial charge in [-0.15, -0.1) is 5.10 Å². The molecule has 2 N–H and O–H groups in total. The van der Waals surface area contributed by atoms with E-state index in [1.165, 1.54) is 16.7 Å². The number of aromatic amines is 1. The molecule has 1 aromatic heterocycles. The van der Waals surface area contributed by atoms with Gasteiger partial charge in [-0.2, -0.15) is 0 Å². The van der Waals surface area contributed by atoms with Crippen LogP contribution in [-0.2, 0) is 6.54 Å². The monoisotopic (exact) mass is 314 g/mol. The molecule has 0 aliphatic rings. The van der Waals surface area contributed by atoms with Gasteiger partial charge < -0.3 is 5.32 Å². The Morgan fingerprint density at radius 1 is 1.38 bits per heavy atom. The molecule has 0 unspecified atom stereocenters. The van der Waals surface area contributed by atoms with Crippen molar-refractivity contribution in [3.8, 4) is 0 Å². The van der Waals surface area contributed by atoms with Crippen molar-refractivity contribution in [2.24, 2.45) is 0 Å². The van der Waals surface area contributed by atoms with Gasteiger partial charge in [0.2, 0.25) is 0 Å². The fraction of sp³-hybridized carbons (Fsp3) is 0.385. The van der Waals surface area contributed by atoms with E-state index in [0.717, 1.165) is 11.8 Å². The molecular formula is C13H16F2N4OS. The van der Waals surface area contributed by atoms with Crippen LogP contribution in [0, 0.1) is 11.6 Å². The smallest absolute Gasteiger partial charge is 0.316 e. The van der Waals surface area contributed by atoms with E-state index in [0.29, 0.717) is 12.1 Å². The van der Waals surface area contributed by atoms with Crippen LogP contribution >= 0.6 is 11.8 Å². The quantitative estimate of drug-likeness (QED) is 0.889. The van der Waals surface area contributed by atoms with Crippen LogP contribution in [0.3, 0.4) is 0 Å². The summed E-state index contributed by atoms with van der Waals surface area (Å²) in [5, 5.41) is 9.17. The van der Waals surface area contributed by atoms with Gasteiger partial charge in [-0.1, -0.05) is 0 Å². The van der Waals surface area contributed by atoms with Crippen LogP contribution in [0.5, 0.6) is 0 Å². The average molecular weight is 314 g/mol. The van der Waals surface area contributed by atoms with Crippen molar-refractivity contribution in [1.82, 2.24) is 20.1 Å². The molecule has 21 heavy (non-hydrogen) atoms. The molecule has 0 bridgehead atoms. The molecule has 1 heterocycles. The van der Waals surface area contributed by atoms with Gasteiger partial charge in [-0.05, 0) is 50.4 Å². The molecule has 0 saturated heterocycles. The van der Waals surface area contributed by atoms with Gasteiger partial charge in [0.15, 0.2) is 5.16 Å². The van der Waals surface area contributed by atoms with Crippen LogP contribution in [-0.4, -0.2) is 21.8 Å². The number of aromatic nitrogens is 3. The fourth-order valence-electron chi connectivity index (χ4n) is 1.92. The highest BCUT2D eigenvalue weighted by atomic mass is 32.2. The van der Waals surface area contributed by atoms with Crippen molar-refractivity contribution in [1.29, 1.82) is 0 Å². The molecular weight excluding hydrogens is 298 g/mol. The first-order valence-electron chi connectivity index (χ1n) is 6.41. The lowest BCUT2D eigenvalue weighted by Gasteiger charge is -2.10. The van der Waals surface area contributed by atoms with Crippen LogP contribution in [0.2, 0.25) is 0 Å². The highest BCUT2D eigenvalue weighted by Gasteiger charge is 2.18. The van der Waals surface area contributed by atoms with Gasteiger partial charge in [0, 0.05) is 12.6 Å². The number of rotatable bonds is 5. The molecule has 5 nitrogen and oxygen atoms in total. The minimum absolute atomic E-state index is 0.159. The van der Waals surface area contributed by atoms with Crippen LogP contribution in [0.25, 0.3) is 0 Å². The van der Waals surface area contributed by atoms with Crippen LogP contribution < -0.4 is 11.0 Å². The van der Waals surface area contributed by atoms with E-state index in [9.17, 15) is 13.6 Å². The zero-order valence-corrected chi connectivity index (χ0v) is 12.7. The van der Waals surface area contributed by atoms with E-state index >= 15 is 0 Å². The number of hydrogen-bond donors (Lipinski definition) is 2. The number of nitrogens with one attached hydrogen (secondary N) is 2. The van der Waals surface area contributed by atoms with Crippen molar-refractivity contribution in [3.05, 3.63) is 39.8 Å². The van der Waals surface area contributed by atoms with E-state index in [2.05, 4.69) is 15.5 Å². The van der Waals surface area contributed by atoms with Crippen LogP contribution in [0.15, 0.2) is 27.0 Å². The topological polar surface area (TPSA) is 62.7 Å². The van der Waals surface area contributed by atoms with Crippen molar-refractivity contribution in [2.75, 3.05) is 7.05 Å². The highest BCUT2D eigenvalue weighted by molar-refractivity contribution is 7.99. The van der Waals surface area contributed by atoms with E-state index in [4.69, 9.17) is 0 Å². The summed E-state index contributed by atoms with van der Waals surface area (Å²) < 4.78 is 29.4. The Hall–Kier alpha value is -1.67. The lowest BCUT2D eigenvalue weighted by molar-refractivity contribution is 0.523. The number of H-pyrrole nitrogens is 1. The van der Waals surface area contributed by atoms with E-state index in [1.54, 1.807) is 20.9 Å². The average Bonchev–Trinajstić information content (AvgIpc) is 2.75. The minimum Gasteiger partial charge on any atom is -0.316 e. The second kappa shape index (κ2) is 6.40. The van der Waals surface area contributed by atoms with Gasteiger partial charge >= 0.3 is 5.69 Å². The number of hydrogen-bond acceptors (Lipinski definition) is 4. The molecule has 2 aromatic rings. The van der Waals surface area contributed by atoms with Gasteiger partial charge in [-0.25, -0.2) is 18.7 Å². The van der Waals surface area contributed by atoms with Gasteiger partial charge in [0.05, 0.1) is 4.90 Å². The zero-order chi connectivity index (χ0) is 15.6. The van der Waals surface area contributed by atoms with Crippen molar-refractivity contribution in [2.45, 2.75) is 36.5 Å². The molecule has 0 aliphatic heterocycles. The summed E-state index contributed by atoms with van der Waals surface area (Å²) in [5.74, 6) is -1.34. The summed E-state index contributed by atoms with van der Waals surface area (Å²) in [6.45, 7) is 3.96. The summed E-state index contributed by atoms with van der Waals surface area (Å²) >= 11 is 0.794. The largest absolute Gasteiger partial charge is 0.344 e. The molecule has 0 aliphatic carbocycles. The van der Waals surface area contributed by atoms with Crippen LogP contribution in [0.4, 0.5) is 8.78 Å². The van der Waals surface area contributed by atoms with E-state index in [1.807, 2.05) is 0 Å². The maximum atomic E-state index is 14.0. The van der Waals surface area contributed by atoms with E-state index in [-0.39, 0.29) is 16.1 Å². The van der Waals surface area contributed by atoms with Crippen molar-refractivity contribution in [3.63, 3.8) is 0 Å². The highest BCUT2D eigenvalue weighted by Crippen LogP contribution is 2.31. The molecule has 2 rings (SSSR count). The zero-order valence-electron chi connectivity index (χ0n) is 11.9. The first kappa shape index (κ1) is 15.7. The Balaban J connectivity index is 2.39. The maximum absolute atomic E-state index is 14.0. The van der Waals surface area contributed by atoms with Gasteiger partial charge in [-0.3, -0.25) is 4.57 Å². The summed E-state index contributed by atoms with van der Waals surface area (Å²) in [7, 11) is 1.70. The Kier molecular flexibility index (Phi) is 4.79. The third-order valence-corrected chi connectivity index (χ3v) is 3.89. The number of nitrogens with zero attached hydrogens (tertiary/aromatic N) is 2. The molecule has 0 fully saturated rings. The van der Waals surface area contributed by atoms with E-state index < -0.39 is 17.3 Å². The predicted octanol–water partition coefficient (Wildman–Crippen LogP) is 2.30. The second-order valence-corrected chi connectivity index (χ2v) is 5.77. The minimum atomic E-state index is -0.670. The Morgan fingerprint density at radius 2 is 2.00 bits per heavy atom. The van der Waals surface area contributed by atoms with Crippen LogP contribution in [0.1, 0.15) is 25.5 Å². The van der Waals surface area contributed by atoms with Gasteiger partial charge in [0.1, 0.15) is 11.6 Å². The Morgan fingerprint density at radius 3 is 2.52 bits per heavy atom. The molecule has 0 atom stereocenters. The standard InChI is InChI=1S/C13H16F2N4OS/c1-7(2)19-12(20)17-18-13(19)21-11-9(14)4-8(6-16-3)5-10(11)15/h4-5,7,16H,6H2,1-3H3,(H,17,20). The maximum Gasteiger partial charge on any atom is 0.344 e. The summed E-state index contributed by atoms with van der Waals surface area (Å²) in [5.41, 5.74) is 0.111.